The van der Waals surface area contributed by atoms with Crippen molar-refractivity contribution >= 4 is 54.4 Å². The first kappa shape index (κ1) is 23.6. The van der Waals surface area contributed by atoms with Gasteiger partial charge in [-0.15, -0.1) is 0 Å². The minimum atomic E-state index is -3.62. The van der Waals surface area contributed by atoms with Crippen LogP contribution in [0.5, 0.6) is 11.5 Å². The lowest BCUT2D eigenvalue weighted by Gasteiger charge is -2.34. The van der Waals surface area contributed by atoms with E-state index in [4.69, 9.17) is 25.5 Å². The molecule has 4 rings (SSSR count). The van der Waals surface area contributed by atoms with Crippen molar-refractivity contribution in [3.05, 3.63) is 56.1 Å². The molecule has 3 aromatic rings. The molecule has 1 fully saturated rings. The number of carbonyl (C=O) groups excluding carboxylic acids is 1. The second kappa shape index (κ2) is 9.00. The molecular formula is C22H19BrClNO7S. The van der Waals surface area contributed by atoms with Gasteiger partial charge >= 0.3 is 0 Å². The zero-order chi connectivity index (χ0) is 23.9. The van der Waals surface area contributed by atoms with E-state index in [-0.39, 0.29) is 22.9 Å². The van der Waals surface area contributed by atoms with Crippen LogP contribution in [0.4, 0.5) is 0 Å². The van der Waals surface area contributed by atoms with Gasteiger partial charge in [-0.2, -0.15) is 0 Å². The molecule has 1 amide bonds. The number of rotatable bonds is 6. The second-order valence-electron chi connectivity index (χ2n) is 7.72. The maximum atomic E-state index is 12.7. The van der Waals surface area contributed by atoms with Gasteiger partial charge in [0.05, 0.1) is 33.8 Å². The van der Waals surface area contributed by atoms with Gasteiger partial charge in [-0.1, -0.05) is 17.7 Å². The van der Waals surface area contributed by atoms with Crippen LogP contribution in [-0.4, -0.2) is 33.8 Å². The van der Waals surface area contributed by atoms with Crippen molar-refractivity contribution in [3.8, 4) is 22.8 Å². The molecule has 1 aliphatic carbocycles. The van der Waals surface area contributed by atoms with Crippen LogP contribution >= 0.6 is 27.5 Å². The van der Waals surface area contributed by atoms with E-state index in [0.717, 1.165) is 6.26 Å². The van der Waals surface area contributed by atoms with Gasteiger partial charge in [-0.25, -0.2) is 8.42 Å². The molecule has 1 aromatic heterocycles. The molecule has 174 valence electrons. The summed E-state index contributed by atoms with van der Waals surface area (Å²) in [5.41, 5.74) is 0.499. The van der Waals surface area contributed by atoms with Crippen LogP contribution in [0.25, 0.3) is 22.3 Å². The molecule has 0 radical (unpaired) electrons. The lowest BCUT2D eigenvalue weighted by Crippen LogP contribution is -2.45. The van der Waals surface area contributed by atoms with Crippen LogP contribution < -0.4 is 19.6 Å². The molecule has 0 saturated heterocycles. The summed E-state index contributed by atoms with van der Waals surface area (Å²) >= 11 is 9.68. The van der Waals surface area contributed by atoms with Gasteiger partial charge in [0.15, 0.2) is 11.0 Å². The summed E-state index contributed by atoms with van der Waals surface area (Å²) in [5, 5.41) is 0.667. The number of hydrogen-bond acceptors (Lipinski definition) is 7. The minimum absolute atomic E-state index is 0.254. The zero-order valence-electron chi connectivity index (χ0n) is 17.6. The number of amides is 1. The number of benzene rings is 2. The Morgan fingerprint density at radius 3 is 2.61 bits per heavy atom. The molecule has 1 saturated carbocycles. The smallest absolute Gasteiger partial charge is 0.236 e. The molecule has 2 aromatic carbocycles. The van der Waals surface area contributed by atoms with Crippen molar-refractivity contribution in [3.63, 3.8) is 0 Å². The van der Waals surface area contributed by atoms with E-state index in [1.165, 1.54) is 13.2 Å². The first-order valence-corrected chi connectivity index (χ1v) is 12.9. The summed E-state index contributed by atoms with van der Waals surface area (Å²) in [6, 6.07) is 9.67. The normalized spacial score (nSPS) is 17.9. The Labute approximate surface area is 203 Å². The number of para-hydroxylation sites is 1. The monoisotopic (exact) mass is 555 g/mol. The Morgan fingerprint density at radius 2 is 1.94 bits per heavy atom. The first-order chi connectivity index (χ1) is 15.6. The van der Waals surface area contributed by atoms with Crippen molar-refractivity contribution in [1.82, 2.24) is 4.72 Å². The predicted octanol–water partition coefficient (Wildman–Crippen LogP) is 4.12. The summed E-state index contributed by atoms with van der Waals surface area (Å²) in [6.07, 6.45) is 1.28. The lowest BCUT2D eigenvalue weighted by molar-refractivity contribution is -0.128. The number of hydrogen-bond donors (Lipinski definition) is 1. The number of carbonyl (C=O) groups is 1. The minimum Gasteiger partial charge on any atom is -0.495 e. The van der Waals surface area contributed by atoms with Gasteiger partial charge in [-0.3, -0.25) is 14.3 Å². The summed E-state index contributed by atoms with van der Waals surface area (Å²) in [4.78, 5) is 24.7. The van der Waals surface area contributed by atoms with Gasteiger partial charge in [0, 0.05) is 18.1 Å². The van der Waals surface area contributed by atoms with E-state index in [9.17, 15) is 18.0 Å². The van der Waals surface area contributed by atoms with Crippen molar-refractivity contribution in [2.75, 3.05) is 13.4 Å². The highest BCUT2D eigenvalue weighted by molar-refractivity contribution is 9.10. The fourth-order valence-corrected chi connectivity index (χ4v) is 4.83. The fourth-order valence-electron chi connectivity index (χ4n) is 3.58. The topological polar surface area (TPSA) is 112 Å². The number of methoxy groups -OCH3 is 1. The lowest BCUT2D eigenvalue weighted by atomic mass is 9.82. The summed E-state index contributed by atoms with van der Waals surface area (Å²) in [7, 11) is -2.11. The highest BCUT2D eigenvalue weighted by Crippen LogP contribution is 2.42. The van der Waals surface area contributed by atoms with Crippen LogP contribution in [0, 0.1) is 5.92 Å². The highest BCUT2D eigenvalue weighted by Gasteiger charge is 2.37. The SMILES string of the molecule is COc1cc(O[C@H]2C[C@@H](C(=O)NS(C)(=O)=O)C2)c(-c2cc(=O)c3cccc(Cl)c3o2)cc1Br. The second-order valence-corrected chi connectivity index (χ2v) is 10.7. The van der Waals surface area contributed by atoms with E-state index < -0.39 is 21.8 Å². The zero-order valence-corrected chi connectivity index (χ0v) is 20.7. The van der Waals surface area contributed by atoms with E-state index in [1.807, 2.05) is 4.72 Å². The molecule has 1 heterocycles. The average molecular weight is 557 g/mol. The highest BCUT2D eigenvalue weighted by atomic mass is 79.9. The average Bonchev–Trinajstić information content (AvgIpc) is 2.70. The molecule has 33 heavy (non-hydrogen) atoms. The maximum Gasteiger partial charge on any atom is 0.236 e. The number of nitrogens with one attached hydrogen (secondary N) is 1. The molecule has 1 aliphatic rings. The number of ether oxygens (including phenoxy) is 2. The molecule has 0 unspecified atom stereocenters. The van der Waals surface area contributed by atoms with Crippen molar-refractivity contribution < 1.29 is 27.1 Å². The van der Waals surface area contributed by atoms with Gasteiger partial charge < -0.3 is 13.9 Å². The van der Waals surface area contributed by atoms with Crippen LogP contribution in [0.1, 0.15) is 12.8 Å². The summed E-state index contributed by atoms with van der Waals surface area (Å²) in [5.74, 6) is 0.117. The number of sulfonamides is 1. The van der Waals surface area contributed by atoms with Gasteiger partial charge in [-0.05, 0) is 47.0 Å². The Hall–Kier alpha value is -2.56. The third-order valence-corrected chi connectivity index (χ3v) is 6.76. The van der Waals surface area contributed by atoms with Crippen LogP contribution in [-0.2, 0) is 14.8 Å². The number of halogens is 2. The molecule has 0 aliphatic heterocycles. The molecule has 0 atom stereocenters. The van der Waals surface area contributed by atoms with E-state index >= 15 is 0 Å². The van der Waals surface area contributed by atoms with Crippen molar-refractivity contribution in [2.45, 2.75) is 18.9 Å². The molecular weight excluding hydrogens is 538 g/mol. The summed E-state index contributed by atoms with van der Waals surface area (Å²) in [6.45, 7) is 0. The fraction of sp³-hybridized carbons (Fsp3) is 0.273. The number of fused-ring (bicyclic) bond motifs is 1. The summed E-state index contributed by atoms with van der Waals surface area (Å²) < 4.78 is 42.6. The van der Waals surface area contributed by atoms with Crippen LogP contribution in [0.3, 0.4) is 0 Å². The van der Waals surface area contributed by atoms with Crippen LogP contribution in [0.15, 0.2) is 50.1 Å². The molecule has 11 heteroatoms. The quantitative estimate of drug-likeness (QED) is 0.486. The molecule has 1 N–H and O–H groups in total. The first-order valence-electron chi connectivity index (χ1n) is 9.84. The Bertz CT molecular complexity index is 1410. The maximum absolute atomic E-state index is 12.7. The molecule has 0 spiro atoms. The Balaban J connectivity index is 1.67. The largest absolute Gasteiger partial charge is 0.495 e. The third kappa shape index (κ3) is 5.02. The van der Waals surface area contributed by atoms with E-state index in [1.54, 1.807) is 30.3 Å². The van der Waals surface area contributed by atoms with E-state index in [0.29, 0.717) is 44.8 Å². The Kier molecular flexibility index (Phi) is 6.43. The third-order valence-electron chi connectivity index (χ3n) is 5.27. The van der Waals surface area contributed by atoms with Gasteiger partial charge in [0.2, 0.25) is 15.9 Å². The standard InChI is InChI=1S/C22H19BrClNO7S/c1-30-20-10-19(31-12-6-11(7-12)22(27)25-33(2,28)29)14(8-15(20)23)18-9-17(26)13-4-3-5-16(24)21(13)32-18/h3-5,8-12H,6-7H2,1-2H3,(H,25,27)/t11-,12+. The van der Waals surface area contributed by atoms with Crippen molar-refractivity contribution in [1.29, 1.82) is 0 Å². The van der Waals surface area contributed by atoms with Crippen molar-refractivity contribution in [2.24, 2.45) is 5.92 Å². The van der Waals surface area contributed by atoms with Gasteiger partial charge in [0.1, 0.15) is 23.4 Å². The Morgan fingerprint density at radius 1 is 1.21 bits per heavy atom. The molecule has 0 bridgehead atoms. The van der Waals surface area contributed by atoms with Gasteiger partial charge in [0.25, 0.3) is 0 Å². The molecule has 8 nitrogen and oxygen atoms in total. The predicted molar refractivity (Wildman–Crippen MR) is 127 cm³/mol. The van der Waals surface area contributed by atoms with E-state index in [2.05, 4.69) is 15.9 Å². The van der Waals surface area contributed by atoms with Crippen LogP contribution in [0.2, 0.25) is 5.02 Å².